The number of nitrogen functional groups attached to an aromatic ring is 1. The molecule has 1 aliphatic carbocycles. The van der Waals surface area contributed by atoms with E-state index in [0.717, 1.165) is 25.1 Å². The summed E-state index contributed by atoms with van der Waals surface area (Å²) in [7, 11) is 0. The first-order valence-corrected chi connectivity index (χ1v) is 8.71. The molecule has 3 aromatic rings. The molecule has 0 saturated heterocycles. The molecule has 0 aliphatic heterocycles. The maximum absolute atomic E-state index is 12.1. The first kappa shape index (κ1) is 14.4. The van der Waals surface area contributed by atoms with Crippen LogP contribution in [0.3, 0.4) is 0 Å². The third kappa shape index (κ3) is 2.26. The lowest BCUT2D eigenvalue weighted by Gasteiger charge is -2.28. The Balaban J connectivity index is 2.01. The molecule has 0 fully saturated rings. The van der Waals surface area contributed by atoms with E-state index in [2.05, 4.69) is 59.7 Å². The Morgan fingerprint density at radius 3 is 3.00 bits per heavy atom. The number of aromatic nitrogens is 4. The van der Waals surface area contributed by atoms with Crippen LogP contribution in [0.4, 0.5) is 5.95 Å². The summed E-state index contributed by atoms with van der Waals surface area (Å²) in [6.07, 6.45) is 3.18. The number of hydrogen-bond donors (Lipinski definition) is 2. The predicted molar refractivity (Wildman–Crippen MR) is 92.7 cm³/mol. The van der Waals surface area contributed by atoms with E-state index in [9.17, 15) is 4.79 Å². The molecule has 7 heteroatoms. The number of anilines is 1. The summed E-state index contributed by atoms with van der Waals surface area (Å²) in [6, 6.07) is 8.58. The van der Waals surface area contributed by atoms with Crippen molar-refractivity contribution >= 4 is 33.0 Å². The highest BCUT2D eigenvalue weighted by Gasteiger charge is 2.26. The van der Waals surface area contributed by atoms with Crippen LogP contribution in [0.5, 0.6) is 0 Å². The standard InChI is InChI=1S/C16H16BrN5O/c17-8-12-19-13-14(20-16(18)21-15(13)23)22(12)11-7-3-5-9-4-1-2-6-10(9)11/h1-2,4,6,11H,3,5,7-8H2,(H3,18,20,21,23). The highest BCUT2D eigenvalue weighted by atomic mass is 79.9. The quantitative estimate of drug-likeness (QED) is 0.675. The van der Waals surface area contributed by atoms with Crippen LogP contribution in [0.1, 0.15) is 35.8 Å². The molecule has 1 unspecified atom stereocenters. The molecule has 4 rings (SSSR count). The van der Waals surface area contributed by atoms with Crippen LogP contribution in [-0.4, -0.2) is 19.5 Å². The van der Waals surface area contributed by atoms with Crippen LogP contribution in [0.25, 0.3) is 11.2 Å². The van der Waals surface area contributed by atoms with Gasteiger partial charge in [-0.3, -0.25) is 9.78 Å². The Labute approximate surface area is 140 Å². The van der Waals surface area contributed by atoms with Crippen LogP contribution < -0.4 is 11.3 Å². The van der Waals surface area contributed by atoms with Crippen LogP contribution >= 0.6 is 15.9 Å². The number of hydrogen-bond acceptors (Lipinski definition) is 4. The molecule has 0 radical (unpaired) electrons. The van der Waals surface area contributed by atoms with Crippen LogP contribution in [-0.2, 0) is 11.8 Å². The molecule has 2 heterocycles. The molecule has 3 N–H and O–H groups in total. The Morgan fingerprint density at radius 1 is 1.35 bits per heavy atom. The molecule has 1 aliphatic rings. The van der Waals surface area contributed by atoms with E-state index >= 15 is 0 Å². The number of alkyl halides is 1. The highest BCUT2D eigenvalue weighted by molar-refractivity contribution is 9.08. The smallest absolute Gasteiger partial charge is 0.280 e. The van der Waals surface area contributed by atoms with E-state index < -0.39 is 0 Å². The molecule has 1 atom stereocenters. The second-order valence-electron chi connectivity index (χ2n) is 5.76. The largest absolute Gasteiger partial charge is 0.369 e. The van der Waals surface area contributed by atoms with E-state index in [-0.39, 0.29) is 17.5 Å². The third-order valence-electron chi connectivity index (χ3n) is 4.41. The average molecular weight is 374 g/mol. The number of aryl methyl sites for hydroxylation is 1. The van der Waals surface area contributed by atoms with E-state index in [1.165, 1.54) is 11.1 Å². The molecule has 0 spiro atoms. The molecule has 0 amide bonds. The zero-order chi connectivity index (χ0) is 16.0. The zero-order valence-electron chi connectivity index (χ0n) is 12.4. The van der Waals surface area contributed by atoms with Gasteiger partial charge in [0, 0.05) is 0 Å². The SMILES string of the molecule is Nc1nc2c(nc(CBr)n2C2CCCc3ccccc32)c(=O)[nH]1. The number of rotatable bonds is 2. The molecule has 0 bridgehead atoms. The van der Waals surface area contributed by atoms with Gasteiger partial charge in [-0.05, 0) is 30.4 Å². The van der Waals surface area contributed by atoms with Crippen molar-refractivity contribution in [2.75, 3.05) is 5.73 Å². The lowest BCUT2D eigenvalue weighted by atomic mass is 9.87. The summed E-state index contributed by atoms with van der Waals surface area (Å²) in [5, 5.41) is 0.557. The predicted octanol–water partition coefficient (Wildman–Crippen LogP) is 2.52. The minimum atomic E-state index is -0.294. The minimum absolute atomic E-state index is 0.119. The first-order valence-electron chi connectivity index (χ1n) is 7.59. The number of fused-ring (bicyclic) bond motifs is 2. The van der Waals surface area contributed by atoms with Gasteiger partial charge in [0.25, 0.3) is 5.56 Å². The fraction of sp³-hybridized carbons (Fsp3) is 0.312. The van der Waals surface area contributed by atoms with Crippen molar-refractivity contribution in [2.24, 2.45) is 0 Å². The number of halogens is 1. The second kappa shape index (κ2) is 5.49. The normalized spacial score (nSPS) is 17.3. The lowest BCUT2D eigenvalue weighted by Crippen LogP contribution is -2.20. The van der Waals surface area contributed by atoms with Gasteiger partial charge in [-0.15, -0.1) is 0 Å². The number of benzene rings is 1. The third-order valence-corrected chi connectivity index (χ3v) is 4.91. The maximum atomic E-state index is 12.1. The monoisotopic (exact) mass is 373 g/mol. The molecule has 0 saturated carbocycles. The lowest BCUT2D eigenvalue weighted by molar-refractivity contribution is 0.488. The summed E-state index contributed by atoms with van der Waals surface area (Å²) in [6.45, 7) is 0. The average Bonchev–Trinajstić information content (AvgIpc) is 2.93. The molecule has 118 valence electrons. The van der Waals surface area contributed by atoms with Gasteiger partial charge in [0.15, 0.2) is 11.2 Å². The summed E-state index contributed by atoms with van der Waals surface area (Å²) in [5.74, 6) is 0.916. The molecule has 23 heavy (non-hydrogen) atoms. The summed E-state index contributed by atoms with van der Waals surface area (Å²) >= 11 is 3.48. The van der Waals surface area contributed by atoms with Gasteiger partial charge in [-0.25, -0.2) is 4.98 Å². The van der Waals surface area contributed by atoms with Gasteiger partial charge in [0.05, 0.1) is 11.4 Å². The molecule has 6 nitrogen and oxygen atoms in total. The second-order valence-corrected chi connectivity index (χ2v) is 6.32. The van der Waals surface area contributed by atoms with Gasteiger partial charge in [0.2, 0.25) is 5.95 Å². The Bertz CT molecular complexity index is 945. The van der Waals surface area contributed by atoms with Gasteiger partial charge in [-0.2, -0.15) is 4.98 Å². The number of H-pyrrole nitrogens is 1. The molecule has 1 aromatic carbocycles. The Morgan fingerprint density at radius 2 is 2.17 bits per heavy atom. The number of aromatic amines is 1. The van der Waals surface area contributed by atoms with Crippen molar-refractivity contribution in [3.63, 3.8) is 0 Å². The van der Waals surface area contributed by atoms with Crippen molar-refractivity contribution in [3.05, 3.63) is 51.6 Å². The summed E-state index contributed by atoms with van der Waals surface area (Å²) in [4.78, 5) is 23.5. The Hall–Kier alpha value is -2.15. The summed E-state index contributed by atoms with van der Waals surface area (Å²) < 4.78 is 2.06. The van der Waals surface area contributed by atoms with Crippen molar-refractivity contribution in [1.82, 2.24) is 19.5 Å². The van der Waals surface area contributed by atoms with Gasteiger partial charge in [0.1, 0.15) is 5.82 Å². The maximum Gasteiger partial charge on any atom is 0.280 e. The van der Waals surface area contributed by atoms with E-state index in [1.54, 1.807) is 0 Å². The fourth-order valence-electron chi connectivity index (χ4n) is 3.46. The van der Waals surface area contributed by atoms with E-state index in [0.29, 0.717) is 16.5 Å². The molecular weight excluding hydrogens is 358 g/mol. The van der Waals surface area contributed by atoms with Gasteiger partial charge in [-0.1, -0.05) is 40.2 Å². The number of nitrogens with two attached hydrogens (primary N) is 1. The van der Waals surface area contributed by atoms with E-state index in [4.69, 9.17) is 5.73 Å². The van der Waals surface area contributed by atoms with Crippen molar-refractivity contribution < 1.29 is 0 Å². The first-order chi connectivity index (χ1) is 11.2. The Kier molecular flexibility index (Phi) is 3.45. The number of nitrogens with zero attached hydrogens (tertiary/aromatic N) is 3. The topological polar surface area (TPSA) is 89.6 Å². The van der Waals surface area contributed by atoms with Crippen LogP contribution in [0.15, 0.2) is 29.1 Å². The van der Waals surface area contributed by atoms with Crippen LogP contribution in [0, 0.1) is 0 Å². The van der Waals surface area contributed by atoms with Gasteiger partial charge < -0.3 is 10.3 Å². The van der Waals surface area contributed by atoms with Crippen molar-refractivity contribution in [3.8, 4) is 0 Å². The number of imidazole rings is 1. The number of nitrogens with one attached hydrogen (secondary N) is 1. The minimum Gasteiger partial charge on any atom is -0.369 e. The van der Waals surface area contributed by atoms with Crippen LogP contribution in [0.2, 0.25) is 0 Å². The van der Waals surface area contributed by atoms with E-state index in [1.807, 2.05) is 0 Å². The fourth-order valence-corrected chi connectivity index (χ4v) is 3.86. The van der Waals surface area contributed by atoms with Gasteiger partial charge >= 0.3 is 0 Å². The zero-order valence-corrected chi connectivity index (χ0v) is 14.0. The van der Waals surface area contributed by atoms with Crippen molar-refractivity contribution in [2.45, 2.75) is 30.6 Å². The molecular formula is C16H16BrN5O. The highest BCUT2D eigenvalue weighted by Crippen LogP contribution is 2.35. The van der Waals surface area contributed by atoms with Crippen molar-refractivity contribution in [1.29, 1.82) is 0 Å². The summed E-state index contributed by atoms with van der Waals surface area (Å²) in [5.41, 5.74) is 8.99. The molecule has 2 aromatic heterocycles.